The molecule has 0 fully saturated rings. The van der Waals surface area contributed by atoms with Crippen LogP contribution in [0.4, 0.5) is 13.2 Å². The fourth-order valence-electron chi connectivity index (χ4n) is 2.68. The first-order valence-electron chi connectivity index (χ1n) is 7.53. The minimum atomic E-state index is -4.88. The molecule has 128 valence electrons. The molecular weight excluding hydrogens is 317 g/mol. The third-order valence-corrected chi connectivity index (χ3v) is 3.73. The molecule has 0 unspecified atom stereocenters. The molecule has 0 radical (unpaired) electrons. The van der Waals surface area contributed by atoms with Gasteiger partial charge in [0.2, 0.25) is 0 Å². The molecule has 3 nitrogen and oxygen atoms in total. The molecule has 0 aliphatic carbocycles. The van der Waals surface area contributed by atoms with Crippen LogP contribution in [-0.4, -0.2) is 34.6 Å². The molecular formula is C18H19F3N2O. The maximum absolute atomic E-state index is 12.7. The summed E-state index contributed by atoms with van der Waals surface area (Å²) in [6.45, 7) is 7.59. The lowest BCUT2D eigenvalue weighted by atomic mass is 10.1. The van der Waals surface area contributed by atoms with Gasteiger partial charge in [-0.2, -0.15) is 13.2 Å². The molecule has 2 aromatic rings. The Kier molecular flexibility index (Phi) is 5.49. The topological polar surface area (TPSA) is 25.2 Å². The van der Waals surface area contributed by atoms with E-state index in [4.69, 9.17) is 0 Å². The van der Waals surface area contributed by atoms with Crippen LogP contribution in [0.25, 0.3) is 10.9 Å². The van der Waals surface area contributed by atoms with Crippen molar-refractivity contribution >= 4 is 16.8 Å². The molecule has 0 bridgehead atoms. The Hall–Kier alpha value is -2.50. The number of amides is 1. The quantitative estimate of drug-likeness (QED) is 0.703. The minimum Gasteiger partial charge on any atom is -0.343 e. The molecule has 1 aromatic carbocycles. The normalized spacial score (nSPS) is 11.5. The standard InChI is InChI=1S/C18H19F3N2O/c1-3-10-22(17(24)18(19,20)21)12-9-14-13-23(11-4-2)16-8-6-5-7-15(14)16/h3-8,13H,1-2,9-12H2. The van der Waals surface area contributed by atoms with Crippen molar-refractivity contribution in [2.75, 3.05) is 13.1 Å². The first-order valence-corrected chi connectivity index (χ1v) is 7.53. The van der Waals surface area contributed by atoms with E-state index in [0.29, 0.717) is 13.0 Å². The van der Waals surface area contributed by atoms with Gasteiger partial charge in [-0.05, 0) is 18.1 Å². The lowest BCUT2D eigenvalue weighted by molar-refractivity contribution is -0.184. The molecule has 0 saturated heterocycles. The average Bonchev–Trinajstić information content (AvgIpc) is 2.89. The van der Waals surface area contributed by atoms with Gasteiger partial charge in [0.05, 0.1) is 0 Å². The molecule has 6 heteroatoms. The number of para-hydroxylation sites is 1. The summed E-state index contributed by atoms with van der Waals surface area (Å²) < 4.78 is 40.0. The van der Waals surface area contributed by atoms with Crippen molar-refractivity contribution in [1.29, 1.82) is 0 Å². The SMILES string of the molecule is C=CCN(CCc1cn(CC=C)c2ccccc12)C(=O)C(F)(F)F. The molecule has 2 rings (SSSR count). The summed E-state index contributed by atoms with van der Waals surface area (Å²) in [5.41, 5.74) is 1.89. The minimum absolute atomic E-state index is 0.0214. The van der Waals surface area contributed by atoms with Crippen molar-refractivity contribution in [2.45, 2.75) is 19.1 Å². The highest BCUT2D eigenvalue weighted by atomic mass is 19.4. The zero-order valence-corrected chi connectivity index (χ0v) is 13.2. The third-order valence-electron chi connectivity index (χ3n) is 3.73. The molecule has 0 aliphatic heterocycles. The second-order valence-corrected chi connectivity index (χ2v) is 5.40. The van der Waals surface area contributed by atoms with Gasteiger partial charge < -0.3 is 9.47 Å². The maximum Gasteiger partial charge on any atom is 0.471 e. The highest BCUT2D eigenvalue weighted by Crippen LogP contribution is 2.23. The zero-order valence-electron chi connectivity index (χ0n) is 13.2. The highest BCUT2D eigenvalue weighted by molar-refractivity contribution is 5.84. The van der Waals surface area contributed by atoms with Gasteiger partial charge in [-0.1, -0.05) is 30.4 Å². The number of fused-ring (bicyclic) bond motifs is 1. The van der Waals surface area contributed by atoms with E-state index >= 15 is 0 Å². The fraction of sp³-hybridized carbons (Fsp3) is 0.278. The molecule has 0 spiro atoms. The third kappa shape index (κ3) is 3.88. The van der Waals surface area contributed by atoms with E-state index in [1.165, 1.54) is 6.08 Å². The van der Waals surface area contributed by atoms with Gasteiger partial charge in [-0.25, -0.2) is 0 Å². The van der Waals surface area contributed by atoms with E-state index in [9.17, 15) is 18.0 Å². The Morgan fingerprint density at radius 1 is 1.21 bits per heavy atom. The molecule has 0 N–H and O–H groups in total. The van der Waals surface area contributed by atoms with Crippen LogP contribution < -0.4 is 0 Å². The van der Waals surface area contributed by atoms with Gasteiger partial charge in [0.25, 0.3) is 0 Å². The Bertz CT molecular complexity index is 746. The number of hydrogen-bond donors (Lipinski definition) is 0. The molecule has 1 amide bonds. The summed E-state index contributed by atoms with van der Waals surface area (Å²) in [7, 11) is 0. The highest BCUT2D eigenvalue weighted by Gasteiger charge is 2.41. The fourth-order valence-corrected chi connectivity index (χ4v) is 2.68. The summed E-state index contributed by atoms with van der Waals surface area (Å²) in [5.74, 6) is -1.84. The average molecular weight is 336 g/mol. The Morgan fingerprint density at radius 3 is 2.54 bits per heavy atom. The summed E-state index contributed by atoms with van der Waals surface area (Å²) in [6.07, 6.45) is 0.411. The van der Waals surface area contributed by atoms with E-state index in [-0.39, 0.29) is 13.1 Å². The summed E-state index contributed by atoms with van der Waals surface area (Å²) in [4.78, 5) is 12.3. The lowest BCUT2D eigenvalue weighted by Crippen LogP contribution is -2.42. The number of benzene rings is 1. The van der Waals surface area contributed by atoms with E-state index in [0.717, 1.165) is 21.4 Å². The van der Waals surface area contributed by atoms with Gasteiger partial charge in [0.1, 0.15) is 0 Å². The molecule has 1 heterocycles. The van der Waals surface area contributed by atoms with Crippen LogP contribution in [0.3, 0.4) is 0 Å². The van der Waals surface area contributed by atoms with Crippen LogP contribution in [0.5, 0.6) is 0 Å². The molecule has 1 aromatic heterocycles. The smallest absolute Gasteiger partial charge is 0.343 e. The van der Waals surface area contributed by atoms with Crippen molar-refractivity contribution in [1.82, 2.24) is 9.47 Å². The first kappa shape index (κ1) is 17.8. The van der Waals surface area contributed by atoms with Gasteiger partial charge in [-0.15, -0.1) is 13.2 Å². The number of nitrogens with zero attached hydrogens (tertiary/aromatic N) is 2. The van der Waals surface area contributed by atoms with Gasteiger partial charge >= 0.3 is 12.1 Å². The largest absolute Gasteiger partial charge is 0.471 e. The van der Waals surface area contributed by atoms with E-state index in [1.54, 1.807) is 6.08 Å². The van der Waals surface area contributed by atoms with Crippen molar-refractivity contribution < 1.29 is 18.0 Å². The number of carbonyl (C=O) groups excluding carboxylic acids is 1. The van der Waals surface area contributed by atoms with Crippen LogP contribution in [0.1, 0.15) is 5.56 Å². The molecule has 0 atom stereocenters. The number of aromatic nitrogens is 1. The molecule has 0 aliphatic rings. The van der Waals surface area contributed by atoms with Gasteiger partial charge in [-0.3, -0.25) is 4.79 Å². The number of carbonyl (C=O) groups is 1. The van der Waals surface area contributed by atoms with Crippen LogP contribution in [0.2, 0.25) is 0 Å². The number of halogens is 3. The Balaban J connectivity index is 2.23. The second-order valence-electron chi connectivity index (χ2n) is 5.40. The number of hydrogen-bond acceptors (Lipinski definition) is 1. The number of allylic oxidation sites excluding steroid dienone is 1. The lowest BCUT2D eigenvalue weighted by Gasteiger charge is -2.22. The summed E-state index contributed by atoms with van der Waals surface area (Å²) >= 11 is 0. The van der Waals surface area contributed by atoms with E-state index < -0.39 is 12.1 Å². The maximum atomic E-state index is 12.7. The van der Waals surface area contributed by atoms with Crippen LogP contribution in [0, 0.1) is 0 Å². The zero-order chi connectivity index (χ0) is 17.7. The van der Waals surface area contributed by atoms with Crippen molar-refractivity contribution in [3.05, 3.63) is 61.3 Å². The predicted octanol–water partition coefficient (Wildman–Crippen LogP) is 3.95. The first-order chi connectivity index (χ1) is 11.4. The van der Waals surface area contributed by atoms with Gasteiger partial charge in [0, 0.05) is 36.7 Å². The second kappa shape index (κ2) is 7.38. The van der Waals surface area contributed by atoms with Crippen LogP contribution >= 0.6 is 0 Å². The number of alkyl halides is 3. The summed E-state index contributed by atoms with van der Waals surface area (Å²) in [6, 6.07) is 7.66. The predicted molar refractivity (Wildman–Crippen MR) is 88.7 cm³/mol. The van der Waals surface area contributed by atoms with Crippen molar-refractivity contribution in [3.8, 4) is 0 Å². The molecule has 0 saturated carbocycles. The Morgan fingerprint density at radius 2 is 1.92 bits per heavy atom. The van der Waals surface area contributed by atoms with Crippen molar-refractivity contribution in [2.24, 2.45) is 0 Å². The van der Waals surface area contributed by atoms with Gasteiger partial charge in [0.15, 0.2) is 0 Å². The molecule has 24 heavy (non-hydrogen) atoms. The van der Waals surface area contributed by atoms with Crippen molar-refractivity contribution in [3.63, 3.8) is 0 Å². The van der Waals surface area contributed by atoms with E-state index in [1.807, 2.05) is 35.0 Å². The summed E-state index contributed by atoms with van der Waals surface area (Å²) in [5, 5.41) is 0.970. The Labute approximate surface area is 138 Å². The van der Waals surface area contributed by atoms with Crippen LogP contribution in [-0.2, 0) is 17.8 Å². The number of rotatable bonds is 7. The van der Waals surface area contributed by atoms with Crippen LogP contribution in [0.15, 0.2) is 55.8 Å². The van der Waals surface area contributed by atoms with E-state index in [2.05, 4.69) is 13.2 Å². The monoisotopic (exact) mass is 336 g/mol.